The van der Waals surface area contributed by atoms with Gasteiger partial charge in [0.25, 0.3) is 0 Å². The lowest BCUT2D eigenvalue weighted by Gasteiger charge is -2.41. The van der Waals surface area contributed by atoms with Crippen molar-refractivity contribution in [1.82, 2.24) is 4.90 Å². The molecule has 5 nitrogen and oxygen atoms in total. The van der Waals surface area contributed by atoms with E-state index in [0.717, 1.165) is 17.8 Å². The molecule has 0 aliphatic carbocycles. The van der Waals surface area contributed by atoms with Crippen LogP contribution in [0.5, 0.6) is 5.75 Å². The standard InChI is InChI=1S/C31H26Cl2F3N3O2/c32-25-9-4-10-26(28(25)33)38-13-15-39(16-14-38)29(22-7-1-2-8-23(22)30(37)41)24-18-20(11-12-27(24)40)19-5-3-6-21(17-19)31(34,35)36/h1-12,17-18,29,40H,13-16H2,(H2,37,41). The number of rotatable bonds is 6. The molecule has 0 radical (unpaired) electrons. The van der Waals surface area contributed by atoms with Gasteiger partial charge in [0.1, 0.15) is 5.75 Å². The third kappa shape index (κ3) is 6.00. The van der Waals surface area contributed by atoms with Gasteiger partial charge < -0.3 is 15.7 Å². The maximum atomic E-state index is 13.4. The van der Waals surface area contributed by atoms with Gasteiger partial charge in [0.05, 0.1) is 27.3 Å². The summed E-state index contributed by atoms with van der Waals surface area (Å²) in [6.07, 6.45) is -4.50. The van der Waals surface area contributed by atoms with Crippen LogP contribution in [0.15, 0.2) is 84.9 Å². The van der Waals surface area contributed by atoms with Crippen molar-refractivity contribution in [2.75, 3.05) is 31.1 Å². The smallest absolute Gasteiger partial charge is 0.416 e. The van der Waals surface area contributed by atoms with Gasteiger partial charge in [-0.3, -0.25) is 9.69 Å². The van der Waals surface area contributed by atoms with E-state index >= 15 is 0 Å². The molecular weight excluding hydrogens is 574 g/mol. The number of piperazine rings is 1. The number of nitrogens with two attached hydrogens (primary N) is 1. The van der Waals surface area contributed by atoms with E-state index in [9.17, 15) is 23.1 Å². The minimum Gasteiger partial charge on any atom is -0.508 e. The van der Waals surface area contributed by atoms with Crippen molar-refractivity contribution in [1.29, 1.82) is 0 Å². The lowest BCUT2D eigenvalue weighted by Crippen LogP contribution is -2.48. The lowest BCUT2D eigenvalue weighted by atomic mass is 9.89. The number of amides is 1. The van der Waals surface area contributed by atoms with Crippen LogP contribution in [0.3, 0.4) is 0 Å². The second-order valence-electron chi connectivity index (χ2n) is 9.80. The zero-order valence-electron chi connectivity index (χ0n) is 21.7. The third-order valence-electron chi connectivity index (χ3n) is 7.32. The fourth-order valence-corrected chi connectivity index (χ4v) is 5.72. The number of phenols is 1. The number of phenolic OH excluding ortho intramolecular Hbond substituents is 1. The van der Waals surface area contributed by atoms with Gasteiger partial charge in [-0.15, -0.1) is 0 Å². The number of carbonyl (C=O) groups is 1. The molecule has 5 rings (SSSR count). The first-order valence-electron chi connectivity index (χ1n) is 12.9. The zero-order valence-corrected chi connectivity index (χ0v) is 23.2. The Labute approximate surface area is 245 Å². The molecule has 0 saturated carbocycles. The van der Waals surface area contributed by atoms with Gasteiger partial charge in [0.15, 0.2) is 0 Å². The van der Waals surface area contributed by atoms with Crippen molar-refractivity contribution < 1.29 is 23.1 Å². The summed E-state index contributed by atoms with van der Waals surface area (Å²) < 4.78 is 40.3. The molecule has 1 saturated heterocycles. The molecule has 4 aromatic carbocycles. The first-order chi connectivity index (χ1) is 19.5. The molecule has 3 N–H and O–H groups in total. The summed E-state index contributed by atoms with van der Waals surface area (Å²) in [5, 5.41) is 12.0. The number of aromatic hydroxyl groups is 1. The quantitative estimate of drug-likeness (QED) is 0.242. The number of alkyl halides is 3. The number of nitrogens with zero attached hydrogens (tertiary/aromatic N) is 2. The molecule has 1 atom stereocenters. The number of anilines is 1. The van der Waals surface area contributed by atoms with Gasteiger partial charge in [-0.25, -0.2) is 0 Å². The van der Waals surface area contributed by atoms with Gasteiger partial charge in [0.2, 0.25) is 5.91 Å². The molecule has 41 heavy (non-hydrogen) atoms. The number of carbonyl (C=O) groups excluding carboxylic acids is 1. The van der Waals surface area contributed by atoms with E-state index in [2.05, 4.69) is 9.80 Å². The maximum absolute atomic E-state index is 13.4. The van der Waals surface area contributed by atoms with E-state index in [1.807, 2.05) is 12.1 Å². The number of primary amides is 1. The van der Waals surface area contributed by atoms with Crippen LogP contribution in [0, 0.1) is 0 Å². The van der Waals surface area contributed by atoms with E-state index in [1.54, 1.807) is 48.5 Å². The van der Waals surface area contributed by atoms with Crippen LogP contribution in [-0.2, 0) is 6.18 Å². The molecule has 0 aromatic heterocycles. The van der Waals surface area contributed by atoms with Gasteiger partial charge in [-0.2, -0.15) is 13.2 Å². The van der Waals surface area contributed by atoms with E-state index in [0.29, 0.717) is 64.0 Å². The van der Waals surface area contributed by atoms with Crippen molar-refractivity contribution >= 4 is 34.8 Å². The van der Waals surface area contributed by atoms with Crippen molar-refractivity contribution in [2.45, 2.75) is 12.2 Å². The summed E-state index contributed by atoms with van der Waals surface area (Å²) in [6, 6.07) is 21.5. The highest BCUT2D eigenvalue weighted by Gasteiger charge is 2.33. The summed E-state index contributed by atoms with van der Waals surface area (Å²) in [7, 11) is 0. The SMILES string of the molecule is NC(=O)c1ccccc1C(c1cc(-c2cccc(C(F)(F)F)c2)ccc1O)N1CCN(c2cccc(Cl)c2Cl)CC1. The highest BCUT2D eigenvalue weighted by Crippen LogP contribution is 2.41. The summed E-state index contributed by atoms with van der Waals surface area (Å²) in [5.74, 6) is -0.672. The van der Waals surface area contributed by atoms with E-state index in [4.69, 9.17) is 28.9 Å². The van der Waals surface area contributed by atoms with Crippen LogP contribution in [0.1, 0.15) is 33.1 Å². The number of hydrogen-bond donors (Lipinski definition) is 2. The molecular formula is C31H26Cl2F3N3O2. The Bertz CT molecular complexity index is 1590. The summed E-state index contributed by atoms with van der Waals surface area (Å²) in [5.41, 5.74) is 7.96. The Morgan fingerprint density at radius 3 is 2.22 bits per heavy atom. The number of hydrogen-bond acceptors (Lipinski definition) is 4. The van der Waals surface area contributed by atoms with Gasteiger partial charge in [-0.1, -0.05) is 65.7 Å². The molecule has 0 spiro atoms. The van der Waals surface area contributed by atoms with Gasteiger partial charge in [0, 0.05) is 37.3 Å². The zero-order chi connectivity index (χ0) is 29.3. The van der Waals surface area contributed by atoms with Crippen molar-refractivity contribution in [3.63, 3.8) is 0 Å². The van der Waals surface area contributed by atoms with Crippen LogP contribution >= 0.6 is 23.2 Å². The summed E-state index contributed by atoms with van der Waals surface area (Å²) in [6.45, 7) is 2.19. The molecule has 0 bridgehead atoms. The topological polar surface area (TPSA) is 69.8 Å². The van der Waals surface area contributed by atoms with Crippen LogP contribution in [0.2, 0.25) is 10.0 Å². The van der Waals surface area contributed by atoms with Gasteiger partial charge in [-0.05, 0) is 59.2 Å². The van der Waals surface area contributed by atoms with Crippen LogP contribution in [-0.4, -0.2) is 42.1 Å². The molecule has 212 valence electrons. The Hall–Kier alpha value is -3.72. The minimum atomic E-state index is -4.50. The molecule has 1 unspecified atom stereocenters. The average molecular weight is 600 g/mol. The summed E-state index contributed by atoms with van der Waals surface area (Å²) in [4.78, 5) is 16.7. The normalized spacial score (nSPS) is 15.1. The molecule has 1 aliphatic rings. The number of benzene rings is 4. The largest absolute Gasteiger partial charge is 0.508 e. The summed E-state index contributed by atoms with van der Waals surface area (Å²) >= 11 is 12.7. The average Bonchev–Trinajstić information content (AvgIpc) is 2.96. The second kappa shape index (κ2) is 11.6. The van der Waals surface area contributed by atoms with Crippen molar-refractivity contribution in [3.8, 4) is 16.9 Å². The van der Waals surface area contributed by atoms with Crippen molar-refractivity contribution in [2.24, 2.45) is 5.73 Å². The third-order valence-corrected chi connectivity index (χ3v) is 8.13. The highest BCUT2D eigenvalue weighted by atomic mass is 35.5. The monoisotopic (exact) mass is 599 g/mol. The Morgan fingerprint density at radius 1 is 0.829 bits per heavy atom. The predicted octanol–water partition coefficient (Wildman–Crippen LogP) is 7.40. The molecule has 1 heterocycles. The molecule has 1 amide bonds. The fourth-order valence-electron chi connectivity index (χ4n) is 5.31. The fraction of sp³-hybridized carbons (Fsp3) is 0.194. The molecule has 4 aromatic rings. The molecule has 1 aliphatic heterocycles. The Balaban J connectivity index is 1.56. The van der Waals surface area contributed by atoms with Crippen LogP contribution in [0.4, 0.5) is 18.9 Å². The predicted molar refractivity (Wildman–Crippen MR) is 156 cm³/mol. The van der Waals surface area contributed by atoms with Crippen molar-refractivity contribution in [3.05, 3.63) is 117 Å². The number of halogens is 5. The minimum absolute atomic E-state index is 0.0506. The highest BCUT2D eigenvalue weighted by molar-refractivity contribution is 6.43. The molecule has 10 heteroatoms. The van der Waals surface area contributed by atoms with E-state index in [1.165, 1.54) is 12.1 Å². The Kier molecular flexibility index (Phi) is 8.18. The van der Waals surface area contributed by atoms with E-state index < -0.39 is 23.7 Å². The Morgan fingerprint density at radius 2 is 1.51 bits per heavy atom. The second-order valence-corrected chi connectivity index (χ2v) is 10.6. The van der Waals surface area contributed by atoms with Gasteiger partial charge >= 0.3 is 6.18 Å². The first kappa shape index (κ1) is 28.8. The van der Waals surface area contributed by atoms with E-state index in [-0.39, 0.29) is 5.75 Å². The molecule has 1 fully saturated rings. The maximum Gasteiger partial charge on any atom is 0.416 e. The first-order valence-corrected chi connectivity index (χ1v) is 13.6. The lowest BCUT2D eigenvalue weighted by molar-refractivity contribution is -0.137. The van der Waals surface area contributed by atoms with Crippen LogP contribution < -0.4 is 10.6 Å². The van der Waals surface area contributed by atoms with Crippen LogP contribution in [0.25, 0.3) is 11.1 Å².